The van der Waals surface area contributed by atoms with Crippen LogP contribution in [0.4, 0.5) is 0 Å². The van der Waals surface area contributed by atoms with Crippen molar-refractivity contribution in [2.75, 3.05) is 0 Å². The number of aryl methyl sites for hydroxylation is 1. The quantitative estimate of drug-likeness (QED) is 0.736. The summed E-state index contributed by atoms with van der Waals surface area (Å²) in [6.45, 7) is 5.96. The van der Waals surface area contributed by atoms with Gasteiger partial charge in [-0.2, -0.15) is 5.10 Å². The monoisotopic (exact) mass is 377 g/mol. The van der Waals surface area contributed by atoms with E-state index in [-0.39, 0.29) is 0 Å². The number of hydrogen-bond donors (Lipinski definition) is 2. The number of rotatable bonds is 8. The summed E-state index contributed by atoms with van der Waals surface area (Å²) < 4.78 is 1.72. The fraction of sp³-hybridized carbons (Fsp3) is 0.421. The largest absolute Gasteiger partial charge is 0.480 e. The Bertz CT molecular complexity index is 801. The van der Waals surface area contributed by atoms with E-state index in [9.17, 15) is 14.7 Å². The van der Waals surface area contributed by atoms with E-state index in [1.807, 2.05) is 25.1 Å². The lowest BCUT2D eigenvalue weighted by molar-refractivity contribution is -0.139. The summed E-state index contributed by atoms with van der Waals surface area (Å²) in [4.78, 5) is 24.0. The van der Waals surface area contributed by atoms with Crippen molar-refractivity contribution >= 4 is 23.5 Å². The van der Waals surface area contributed by atoms with Gasteiger partial charge in [-0.15, -0.1) is 0 Å². The molecule has 0 saturated carbocycles. The van der Waals surface area contributed by atoms with Gasteiger partial charge in [-0.1, -0.05) is 49.6 Å². The van der Waals surface area contributed by atoms with Crippen LogP contribution in [0.2, 0.25) is 5.02 Å². The van der Waals surface area contributed by atoms with E-state index in [2.05, 4.69) is 10.4 Å². The molecule has 2 N–H and O–H groups in total. The second-order valence-electron chi connectivity index (χ2n) is 6.30. The topological polar surface area (TPSA) is 84.2 Å². The zero-order valence-electron chi connectivity index (χ0n) is 15.3. The number of nitrogens with one attached hydrogen (secondary N) is 1. The minimum Gasteiger partial charge on any atom is -0.480 e. The Morgan fingerprint density at radius 1 is 1.31 bits per heavy atom. The molecule has 26 heavy (non-hydrogen) atoms. The summed E-state index contributed by atoms with van der Waals surface area (Å²) in [5.41, 5.74) is 2.56. The Kier molecular flexibility index (Phi) is 6.80. The molecule has 1 atom stereocenters. The highest BCUT2D eigenvalue weighted by molar-refractivity contribution is 6.31. The minimum absolute atomic E-state index is 0.406. The van der Waals surface area contributed by atoms with Crippen LogP contribution in [0, 0.1) is 13.8 Å². The number of halogens is 1. The summed E-state index contributed by atoms with van der Waals surface area (Å²) in [5, 5.41) is 17.0. The molecule has 6 nitrogen and oxygen atoms in total. The molecule has 1 amide bonds. The first-order chi connectivity index (χ1) is 12.3. The highest BCUT2D eigenvalue weighted by Gasteiger charge is 2.24. The lowest BCUT2D eigenvalue weighted by Gasteiger charge is -2.14. The van der Waals surface area contributed by atoms with Crippen LogP contribution in [0.25, 0.3) is 0 Å². The molecule has 1 aromatic heterocycles. The van der Waals surface area contributed by atoms with E-state index in [0.29, 0.717) is 34.9 Å². The van der Waals surface area contributed by atoms with Crippen LogP contribution in [0.3, 0.4) is 0 Å². The smallest absolute Gasteiger partial charge is 0.326 e. The normalized spacial score (nSPS) is 12.0. The maximum Gasteiger partial charge on any atom is 0.326 e. The SMILES string of the molecule is CCCC[C@H](NC(=O)c1c(C)nn(Cc2ccccc2Cl)c1C)C(=O)O. The van der Waals surface area contributed by atoms with Crippen molar-refractivity contribution in [2.24, 2.45) is 0 Å². The van der Waals surface area contributed by atoms with Gasteiger partial charge in [-0.25, -0.2) is 4.79 Å². The maximum atomic E-state index is 12.6. The first kappa shape index (κ1) is 20.0. The Balaban J connectivity index is 2.22. The molecule has 1 aromatic carbocycles. The number of hydrogen-bond acceptors (Lipinski definition) is 3. The van der Waals surface area contributed by atoms with Gasteiger partial charge in [0.1, 0.15) is 6.04 Å². The summed E-state index contributed by atoms with van der Waals surface area (Å²) in [7, 11) is 0. The molecule has 1 heterocycles. The van der Waals surface area contributed by atoms with E-state index in [1.54, 1.807) is 24.6 Å². The van der Waals surface area contributed by atoms with Gasteiger partial charge in [0.2, 0.25) is 0 Å². The molecule has 0 saturated heterocycles. The first-order valence-corrected chi connectivity index (χ1v) is 9.04. The molecule has 0 unspecified atom stereocenters. The highest BCUT2D eigenvalue weighted by atomic mass is 35.5. The molecule has 0 fully saturated rings. The van der Waals surface area contributed by atoms with Crippen LogP contribution in [0.1, 0.15) is 53.5 Å². The Labute approximate surface area is 158 Å². The molecule has 0 aliphatic carbocycles. The molecule has 7 heteroatoms. The average molecular weight is 378 g/mol. The summed E-state index contributed by atoms with van der Waals surface area (Å²) in [6.07, 6.45) is 2.01. The molecule has 0 spiro atoms. The third-order valence-electron chi connectivity index (χ3n) is 4.34. The average Bonchev–Trinajstić information content (AvgIpc) is 2.87. The first-order valence-electron chi connectivity index (χ1n) is 8.66. The number of carboxylic acids is 1. The van der Waals surface area contributed by atoms with E-state index < -0.39 is 17.9 Å². The standard InChI is InChI=1S/C19H24ClN3O3/c1-4-5-10-16(19(25)26)21-18(24)17-12(2)22-23(13(17)3)11-14-8-6-7-9-15(14)20/h6-9,16H,4-5,10-11H2,1-3H3,(H,21,24)(H,25,26)/t16-/m0/s1. The van der Waals surface area contributed by atoms with Crippen molar-refractivity contribution in [2.45, 2.75) is 52.6 Å². The number of carboxylic acid groups (broad SMARTS) is 1. The van der Waals surface area contributed by atoms with Crippen LogP contribution in [0.15, 0.2) is 24.3 Å². The van der Waals surface area contributed by atoms with Crippen LogP contribution in [-0.4, -0.2) is 32.8 Å². The molecule has 2 rings (SSSR count). The van der Waals surface area contributed by atoms with Crippen molar-refractivity contribution in [1.29, 1.82) is 0 Å². The van der Waals surface area contributed by atoms with Gasteiger partial charge in [0.05, 0.1) is 17.8 Å². The van der Waals surface area contributed by atoms with Gasteiger partial charge in [0.15, 0.2) is 0 Å². The van der Waals surface area contributed by atoms with Gasteiger partial charge in [-0.3, -0.25) is 9.48 Å². The molecule has 140 valence electrons. The predicted molar refractivity (Wildman–Crippen MR) is 101 cm³/mol. The number of benzene rings is 1. The fourth-order valence-electron chi connectivity index (χ4n) is 2.86. The van der Waals surface area contributed by atoms with Gasteiger partial charge in [-0.05, 0) is 31.9 Å². The van der Waals surface area contributed by atoms with Gasteiger partial charge in [0.25, 0.3) is 5.91 Å². The van der Waals surface area contributed by atoms with Crippen molar-refractivity contribution in [3.63, 3.8) is 0 Å². The fourth-order valence-corrected chi connectivity index (χ4v) is 3.06. The summed E-state index contributed by atoms with van der Waals surface area (Å²) in [5.74, 6) is -1.43. The number of unbranched alkanes of at least 4 members (excludes halogenated alkanes) is 1. The second-order valence-corrected chi connectivity index (χ2v) is 6.71. The predicted octanol–water partition coefficient (Wildman–Crippen LogP) is 3.57. The lowest BCUT2D eigenvalue weighted by Crippen LogP contribution is -2.41. The zero-order chi connectivity index (χ0) is 19.3. The molecule has 0 bridgehead atoms. The van der Waals surface area contributed by atoms with E-state index in [0.717, 1.165) is 18.4 Å². The van der Waals surface area contributed by atoms with Crippen LogP contribution in [-0.2, 0) is 11.3 Å². The number of carbonyl (C=O) groups excluding carboxylic acids is 1. The number of aliphatic carboxylic acids is 1. The van der Waals surface area contributed by atoms with Crippen molar-refractivity contribution in [3.05, 3.63) is 51.8 Å². The minimum atomic E-state index is -1.02. The zero-order valence-corrected chi connectivity index (χ0v) is 16.0. The second kappa shape index (κ2) is 8.85. The van der Waals surface area contributed by atoms with E-state index in [1.165, 1.54) is 0 Å². The molecular weight excluding hydrogens is 354 g/mol. The third-order valence-corrected chi connectivity index (χ3v) is 4.71. The number of amides is 1. The molecule has 2 aromatic rings. The summed E-state index contributed by atoms with van der Waals surface area (Å²) in [6, 6.07) is 6.57. The van der Waals surface area contributed by atoms with Crippen LogP contribution in [0.5, 0.6) is 0 Å². The summed E-state index contributed by atoms with van der Waals surface area (Å²) >= 11 is 6.20. The van der Waals surface area contributed by atoms with E-state index in [4.69, 9.17) is 11.6 Å². The number of carbonyl (C=O) groups is 2. The molecule has 0 aliphatic heterocycles. The van der Waals surface area contributed by atoms with Crippen molar-refractivity contribution in [1.82, 2.24) is 15.1 Å². The molecular formula is C19H24ClN3O3. The van der Waals surface area contributed by atoms with Crippen LogP contribution >= 0.6 is 11.6 Å². The highest BCUT2D eigenvalue weighted by Crippen LogP contribution is 2.19. The maximum absolute atomic E-state index is 12.6. The Hall–Kier alpha value is -2.34. The van der Waals surface area contributed by atoms with E-state index >= 15 is 0 Å². The van der Waals surface area contributed by atoms with Crippen molar-refractivity contribution < 1.29 is 14.7 Å². The van der Waals surface area contributed by atoms with Crippen molar-refractivity contribution in [3.8, 4) is 0 Å². The molecule has 0 aliphatic rings. The lowest BCUT2D eigenvalue weighted by atomic mass is 10.1. The number of aromatic nitrogens is 2. The van der Waals surface area contributed by atoms with Gasteiger partial charge >= 0.3 is 5.97 Å². The Morgan fingerprint density at radius 2 is 2.00 bits per heavy atom. The Morgan fingerprint density at radius 3 is 2.62 bits per heavy atom. The molecule has 0 radical (unpaired) electrons. The van der Waals surface area contributed by atoms with Gasteiger partial charge < -0.3 is 10.4 Å². The van der Waals surface area contributed by atoms with Gasteiger partial charge in [0, 0.05) is 10.7 Å². The number of nitrogens with zero attached hydrogens (tertiary/aromatic N) is 2. The van der Waals surface area contributed by atoms with Crippen LogP contribution < -0.4 is 5.32 Å². The third kappa shape index (κ3) is 4.64.